The average molecular weight is 134 g/mol. The SMILES string of the molecule is [CH][Si](OC)(OC)OC. The standard InChI is InChI=1S/C4H10O3Si/c1-5-8(4,6-2)7-3/h4H,1-3H3. The first-order valence-electron chi connectivity index (χ1n) is 2.13. The smallest absolute Gasteiger partial charge is 0.377 e. The molecule has 0 aromatic heterocycles. The zero-order chi connectivity index (χ0) is 6.62. The van der Waals surface area contributed by atoms with E-state index in [-0.39, 0.29) is 0 Å². The van der Waals surface area contributed by atoms with Crippen molar-refractivity contribution in [3.8, 4) is 0 Å². The fraction of sp³-hybridized carbons (Fsp3) is 0.750. The summed E-state index contributed by atoms with van der Waals surface area (Å²) in [7, 11) is 1.70. The Balaban J connectivity index is 3.58. The van der Waals surface area contributed by atoms with Crippen molar-refractivity contribution in [1.82, 2.24) is 0 Å². The molecule has 4 heteroatoms. The van der Waals surface area contributed by atoms with Crippen LogP contribution in [0.3, 0.4) is 0 Å². The van der Waals surface area contributed by atoms with Crippen molar-refractivity contribution in [2.24, 2.45) is 0 Å². The Morgan fingerprint density at radius 2 is 1.25 bits per heavy atom. The van der Waals surface area contributed by atoms with Crippen LogP contribution in [0.25, 0.3) is 0 Å². The van der Waals surface area contributed by atoms with E-state index in [0.29, 0.717) is 0 Å². The van der Waals surface area contributed by atoms with Crippen LogP contribution in [0.4, 0.5) is 0 Å². The van der Waals surface area contributed by atoms with E-state index in [9.17, 15) is 0 Å². The highest BCUT2D eigenvalue weighted by atomic mass is 28.4. The zero-order valence-electron chi connectivity index (χ0n) is 5.30. The molecule has 8 heavy (non-hydrogen) atoms. The van der Waals surface area contributed by atoms with Gasteiger partial charge in [-0.25, -0.2) is 0 Å². The molecule has 0 spiro atoms. The molecule has 0 unspecified atom stereocenters. The molecule has 0 bridgehead atoms. The van der Waals surface area contributed by atoms with E-state index >= 15 is 0 Å². The summed E-state index contributed by atoms with van der Waals surface area (Å²) in [5.41, 5.74) is 0. The molecule has 0 amide bonds. The van der Waals surface area contributed by atoms with Crippen LogP contribution in [0.5, 0.6) is 0 Å². The Morgan fingerprint density at radius 1 is 1.00 bits per heavy atom. The van der Waals surface area contributed by atoms with Gasteiger partial charge in [0.15, 0.2) is 0 Å². The number of rotatable bonds is 3. The summed E-state index contributed by atoms with van der Waals surface area (Å²) in [6.45, 7) is 5.37. The van der Waals surface area contributed by atoms with Crippen LogP contribution in [0.15, 0.2) is 0 Å². The van der Waals surface area contributed by atoms with Crippen LogP contribution in [-0.2, 0) is 13.3 Å². The molecule has 0 saturated heterocycles. The second kappa shape index (κ2) is 3.19. The van der Waals surface area contributed by atoms with Crippen LogP contribution in [0.1, 0.15) is 0 Å². The molecule has 0 aromatic carbocycles. The molecule has 48 valence electrons. The average Bonchev–Trinajstić information content (AvgIpc) is 1.87. The van der Waals surface area contributed by atoms with Gasteiger partial charge in [0.05, 0.1) is 0 Å². The lowest BCUT2D eigenvalue weighted by Crippen LogP contribution is -2.39. The Bertz CT molecular complexity index is 54.0. The molecule has 0 rings (SSSR count). The molecule has 0 aliphatic heterocycles. The van der Waals surface area contributed by atoms with Gasteiger partial charge in [0.1, 0.15) is 0 Å². The Labute approximate surface area is 50.9 Å². The molecular weight excluding hydrogens is 124 g/mol. The van der Waals surface area contributed by atoms with Crippen LogP contribution in [0.2, 0.25) is 0 Å². The Hall–Kier alpha value is 0.0969. The molecule has 0 heterocycles. The highest BCUT2D eigenvalue weighted by Crippen LogP contribution is 2.00. The van der Waals surface area contributed by atoms with E-state index in [1.807, 2.05) is 0 Å². The van der Waals surface area contributed by atoms with Gasteiger partial charge >= 0.3 is 8.80 Å². The summed E-state index contributed by atoms with van der Waals surface area (Å²) in [6.07, 6.45) is 0. The first-order valence-corrected chi connectivity index (χ1v) is 3.93. The van der Waals surface area contributed by atoms with Gasteiger partial charge in [0.2, 0.25) is 0 Å². The summed E-state index contributed by atoms with van der Waals surface area (Å²) in [5.74, 6) is 0. The monoisotopic (exact) mass is 134 g/mol. The van der Waals surface area contributed by atoms with E-state index in [1.54, 1.807) is 0 Å². The summed E-state index contributed by atoms with van der Waals surface area (Å²) >= 11 is 0. The third-order valence-corrected chi connectivity index (χ3v) is 2.56. The van der Waals surface area contributed by atoms with Gasteiger partial charge in [0.25, 0.3) is 0 Å². The second-order valence-electron chi connectivity index (χ2n) is 1.22. The predicted molar refractivity (Wildman–Crippen MR) is 31.1 cm³/mol. The lowest BCUT2D eigenvalue weighted by Gasteiger charge is -2.17. The van der Waals surface area contributed by atoms with Crippen molar-refractivity contribution in [3.05, 3.63) is 6.55 Å². The topological polar surface area (TPSA) is 27.7 Å². The van der Waals surface area contributed by atoms with Gasteiger partial charge in [-0.15, -0.1) is 0 Å². The van der Waals surface area contributed by atoms with Gasteiger partial charge in [-0.2, -0.15) is 0 Å². The zero-order valence-corrected chi connectivity index (χ0v) is 6.30. The van der Waals surface area contributed by atoms with Gasteiger partial charge < -0.3 is 13.3 Å². The number of hydrogen-bond donors (Lipinski definition) is 0. The van der Waals surface area contributed by atoms with Gasteiger partial charge in [0, 0.05) is 27.9 Å². The Morgan fingerprint density at radius 3 is 1.25 bits per heavy atom. The summed E-state index contributed by atoms with van der Waals surface area (Å²) in [5, 5.41) is 0. The largest absolute Gasteiger partial charge is 0.503 e. The molecule has 0 N–H and O–H groups in total. The molecule has 0 aromatic rings. The molecule has 0 fully saturated rings. The first kappa shape index (κ1) is 8.10. The van der Waals surface area contributed by atoms with Crippen molar-refractivity contribution < 1.29 is 13.3 Å². The van der Waals surface area contributed by atoms with E-state index in [0.717, 1.165) is 0 Å². The summed E-state index contributed by atoms with van der Waals surface area (Å²) in [4.78, 5) is 0. The highest BCUT2D eigenvalue weighted by molar-refractivity contribution is 6.62. The maximum Gasteiger partial charge on any atom is 0.503 e. The van der Waals surface area contributed by atoms with E-state index in [2.05, 4.69) is 0 Å². The maximum atomic E-state index is 5.37. The molecular formula is C4H10O3Si. The van der Waals surface area contributed by atoms with Crippen molar-refractivity contribution in [1.29, 1.82) is 0 Å². The van der Waals surface area contributed by atoms with E-state index in [4.69, 9.17) is 19.8 Å². The molecule has 0 aliphatic rings. The lowest BCUT2D eigenvalue weighted by molar-refractivity contribution is 0.137. The minimum absolute atomic E-state index is 1.46. The molecule has 3 nitrogen and oxygen atoms in total. The minimum atomic E-state index is -2.67. The second-order valence-corrected chi connectivity index (χ2v) is 3.65. The van der Waals surface area contributed by atoms with Crippen LogP contribution in [-0.4, -0.2) is 30.1 Å². The van der Waals surface area contributed by atoms with Gasteiger partial charge in [-0.3, -0.25) is 0 Å². The number of hydrogen-bond acceptors (Lipinski definition) is 3. The Kier molecular flexibility index (Phi) is 3.23. The first-order chi connectivity index (χ1) is 3.68. The normalized spacial score (nSPS) is 12.0. The fourth-order valence-electron chi connectivity index (χ4n) is 0.250. The van der Waals surface area contributed by atoms with E-state index in [1.165, 1.54) is 21.3 Å². The third kappa shape index (κ3) is 1.91. The molecule has 0 aliphatic carbocycles. The van der Waals surface area contributed by atoms with Crippen LogP contribution < -0.4 is 0 Å². The third-order valence-electron chi connectivity index (χ3n) is 0.854. The van der Waals surface area contributed by atoms with Gasteiger partial charge in [-0.1, -0.05) is 0 Å². The van der Waals surface area contributed by atoms with Crippen molar-refractivity contribution in [2.45, 2.75) is 0 Å². The van der Waals surface area contributed by atoms with Crippen LogP contribution >= 0.6 is 0 Å². The van der Waals surface area contributed by atoms with Crippen LogP contribution in [0, 0.1) is 6.55 Å². The van der Waals surface area contributed by atoms with Crippen molar-refractivity contribution >= 4 is 8.80 Å². The molecule has 2 radical (unpaired) electrons. The summed E-state index contributed by atoms with van der Waals surface area (Å²) < 4.78 is 14.1. The molecule has 0 atom stereocenters. The maximum absolute atomic E-state index is 5.37. The van der Waals surface area contributed by atoms with E-state index < -0.39 is 8.80 Å². The minimum Gasteiger partial charge on any atom is -0.377 e. The fourth-order valence-corrected chi connectivity index (χ4v) is 0.750. The lowest BCUT2D eigenvalue weighted by atomic mass is 11.8. The summed E-state index contributed by atoms with van der Waals surface area (Å²) in [6, 6.07) is 0. The molecule has 0 saturated carbocycles. The predicted octanol–water partition coefficient (Wildman–Crippen LogP) is 0.115. The highest BCUT2D eigenvalue weighted by Gasteiger charge is 2.30. The van der Waals surface area contributed by atoms with Gasteiger partial charge in [-0.05, 0) is 0 Å². The van der Waals surface area contributed by atoms with Crippen molar-refractivity contribution in [2.75, 3.05) is 21.3 Å². The van der Waals surface area contributed by atoms with Crippen molar-refractivity contribution in [3.63, 3.8) is 0 Å². The quantitative estimate of drug-likeness (QED) is 0.513.